The molecule has 1 aliphatic heterocycles. The van der Waals surface area contributed by atoms with Crippen molar-refractivity contribution in [2.45, 2.75) is 90.9 Å². The lowest BCUT2D eigenvalue weighted by atomic mass is 10.0. The molecular formula is C21H43BrN2O. The number of quaternary nitrogens is 1. The first-order chi connectivity index (χ1) is 11.6. The summed E-state index contributed by atoms with van der Waals surface area (Å²) in [5, 5.41) is 0. The Hall–Kier alpha value is -0.0900. The van der Waals surface area contributed by atoms with Crippen LogP contribution in [-0.2, 0) is 4.79 Å². The number of nitrogens with zero attached hydrogens (tertiary/aromatic N) is 2. The Morgan fingerprint density at radius 3 is 1.68 bits per heavy atom. The summed E-state index contributed by atoms with van der Waals surface area (Å²) in [4.78, 5) is 14.4. The molecule has 4 heteroatoms. The minimum atomic E-state index is 0. The van der Waals surface area contributed by atoms with Crippen molar-refractivity contribution in [1.82, 2.24) is 4.90 Å². The predicted octanol–water partition coefficient (Wildman–Crippen LogP) is 2.00. The maximum absolute atomic E-state index is 12.3. The maximum Gasteiger partial charge on any atom is 0.222 e. The summed E-state index contributed by atoms with van der Waals surface area (Å²) in [6.07, 6.45) is 15.6. The number of hydrogen-bond donors (Lipinski definition) is 0. The highest BCUT2D eigenvalue weighted by Crippen LogP contribution is 2.14. The van der Waals surface area contributed by atoms with E-state index in [9.17, 15) is 4.79 Å². The van der Waals surface area contributed by atoms with Crippen LogP contribution in [0.15, 0.2) is 0 Å². The molecule has 150 valence electrons. The van der Waals surface area contributed by atoms with Gasteiger partial charge in [-0.2, -0.15) is 0 Å². The van der Waals surface area contributed by atoms with Crippen molar-refractivity contribution < 1.29 is 26.3 Å². The van der Waals surface area contributed by atoms with Crippen LogP contribution in [0.5, 0.6) is 0 Å². The molecule has 1 amide bonds. The van der Waals surface area contributed by atoms with Crippen molar-refractivity contribution in [2.75, 3.05) is 39.8 Å². The van der Waals surface area contributed by atoms with Crippen LogP contribution < -0.4 is 17.0 Å². The van der Waals surface area contributed by atoms with Crippen LogP contribution in [0.1, 0.15) is 90.9 Å². The molecule has 0 radical (unpaired) electrons. The monoisotopic (exact) mass is 418 g/mol. The van der Waals surface area contributed by atoms with Crippen LogP contribution in [0.25, 0.3) is 0 Å². The Morgan fingerprint density at radius 1 is 0.800 bits per heavy atom. The van der Waals surface area contributed by atoms with Crippen molar-refractivity contribution in [3.8, 4) is 0 Å². The lowest BCUT2D eigenvalue weighted by Crippen LogP contribution is -3.00. The summed E-state index contributed by atoms with van der Waals surface area (Å²) in [6, 6.07) is 0. The van der Waals surface area contributed by atoms with E-state index in [4.69, 9.17) is 0 Å². The molecule has 1 rings (SSSR count). The second-order valence-electron chi connectivity index (χ2n) is 8.05. The summed E-state index contributed by atoms with van der Waals surface area (Å²) in [5.41, 5.74) is 0. The van der Waals surface area contributed by atoms with E-state index in [1.807, 2.05) is 0 Å². The molecular weight excluding hydrogens is 376 g/mol. The molecule has 1 saturated heterocycles. The average Bonchev–Trinajstić information content (AvgIpc) is 2.60. The lowest BCUT2D eigenvalue weighted by Gasteiger charge is -2.41. The van der Waals surface area contributed by atoms with Crippen LogP contribution in [0.4, 0.5) is 0 Å². The van der Waals surface area contributed by atoms with E-state index >= 15 is 0 Å². The molecule has 0 saturated carbocycles. The minimum absolute atomic E-state index is 0. The highest BCUT2D eigenvalue weighted by atomic mass is 79.9. The van der Waals surface area contributed by atoms with Gasteiger partial charge in [-0.05, 0) is 13.3 Å². The van der Waals surface area contributed by atoms with Gasteiger partial charge in [-0.15, -0.1) is 0 Å². The number of halogens is 1. The molecule has 0 aromatic carbocycles. The van der Waals surface area contributed by atoms with Gasteiger partial charge in [-0.1, -0.05) is 71.1 Å². The zero-order valence-corrected chi connectivity index (χ0v) is 18.8. The molecule has 0 spiro atoms. The van der Waals surface area contributed by atoms with Crippen molar-refractivity contribution in [2.24, 2.45) is 0 Å². The van der Waals surface area contributed by atoms with Gasteiger partial charge in [-0.25, -0.2) is 0 Å². The van der Waals surface area contributed by atoms with E-state index in [2.05, 4.69) is 25.8 Å². The number of unbranched alkanes of at least 4 members (excludes halogenated alkanes) is 10. The van der Waals surface area contributed by atoms with Gasteiger partial charge in [0.25, 0.3) is 0 Å². The number of carbonyl (C=O) groups is 1. The fourth-order valence-electron chi connectivity index (χ4n) is 3.61. The molecule has 0 bridgehead atoms. The first kappa shape index (κ1) is 24.9. The highest BCUT2D eigenvalue weighted by Gasteiger charge is 2.28. The first-order valence-electron chi connectivity index (χ1n) is 10.7. The summed E-state index contributed by atoms with van der Waals surface area (Å²) in [6.45, 7) is 9.88. The summed E-state index contributed by atoms with van der Waals surface area (Å²) in [5.74, 6) is 0.397. The number of likely N-dealkylation sites (N-methyl/N-ethyl adjacent to an activating group) is 1. The van der Waals surface area contributed by atoms with Gasteiger partial charge in [0.15, 0.2) is 0 Å². The molecule has 0 N–H and O–H groups in total. The molecule has 1 fully saturated rings. The molecule has 0 atom stereocenters. The normalized spacial score (nSPS) is 16.5. The predicted molar refractivity (Wildman–Crippen MR) is 104 cm³/mol. The summed E-state index contributed by atoms with van der Waals surface area (Å²) >= 11 is 0. The Bertz CT molecular complexity index is 328. The summed E-state index contributed by atoms with van der Waals surface area (Å²) in [7, 11) is 2.31. The Morgan fingerprint density at radius 2 is 1.24 bits per heavy atom. The van der Waals surface area contributed by atoms with Crippen LogP contribution in [0, 0.1) is 0 Å². The molecule has 0 unspecified atom stereocenters. The molecule has 1 aliphatic rings. The Labute approximate surface area is 167 Å². The van der Waals surface area contributed by atoms with Gasteiger partial charge < -0.3 is 26.4 Å². The van der Waals surface area contributed by atoms with E-state index in [0.29, 0.717) is 5.91 Å². The van der Waals surface area contributed by atoms with Crippen molar-refractivity contribution in [1.29, 1.82) is 0 Å². The number of piperazine rings is 1. The minimum Gasteiger partial charge on any atom is -1.00 e. The molecule has 1 heterocycles. The number of carbonyl (C=O) groups excluding carboxylic acids is 1. The van der Waals surface area contributed by atoms with Gasteiger partial charge in [0.1, 0.15) is 0 Å². The van der Waals surface area contributed by atoms with Crippen molar-refractivity contribution >= 4 is 5.91 Å². The average molecular weight is 419 g/mol. The second kappa shape index (κ2) is 15.0. The van der Waals surface area contributed by atoms with Gasteiger partial charge in [-0.3, -0.25) is 4.79 Å². The van der Waals surface area contributed by atoms with E-state index in [1.54, 1.807) is 0 Å². The standard InChI is InChI=1S/C21H43N2O.BrH/c1-4-6-7-8-9-10-11-12-13-14-15-16-21(24)22-17-19-23(3,5-2)20-18-22;/h4-20H2,1-3H3;1H/q+1;/p-1. The van der Waals surface area contributed by atoms with Crippen LogP contribution in [0.3, 0.4) is 0 Å². The third-order valence-electron chi connectivity index (χ3n) is 5.93. The van der Waals surface area contributed by atoms with Gasteiger partial charge in [0, 0.05) is 6.42 Å². The van der Waals surface area contributed by atoms with Gasteiger partial charge in [0.2, 0.25) is 5.91 Å². The molecule has 0 aromatic heterocycles. The number of amides is 1. The smallest absolute Gasteiger partial charge is 0.222 e. The molecule has 25 heavy (non-hydrogen) atoms. The van der Waals surface area contributed by atoms with Crippen molar-refractivity contribution in [3.05, 3.63) is 0 Å². The second-order valence-corrected chi connectivity index (χ2v) is 8.05. The van der Waals surface area contributed by atoms with Crippen LogP contribution in [-0.4, -0.2) is 55.1 Å². The van der Waals surface area contributed by atoms with E-state index in [0.717, 1.165) is 43.5 Å². The van der Waals surface area contributed by atoms with Gasteiger partial charge in [0.05, 0.1) is 39.8 Å². The Kier molecular flexibility index (Phi) is 15.0. The lowest BCUT2D eigenvalue weighted by molar-refractivity contribution is -0.911. The Balaban J connectivity index is 0.00000576. The third kappa shape index (κ3) is 11.3. The first-order valence-corrected chi connectivity index (χ1v) is 10.7. The quantitative estimate of drug-likeness (QED) is 0.330. The number of hydrogen-bond acceptors (Lipinski definition) is 1. The molecule has 0 aromatic rings. The van der Waals surface area contributed by atoms with Crippen LogP contribution in [0.2, 0.25) is 0 Å². The zero-order valence-electron chi connectivity index (χ0n) is 17.2. The fourth-order valence-corrected chi connectivity index (χ4v) is 3.61. The van der Waals surface area contributed by atoms with Crippen LogP contribution >= 0.6 is 0 Å². The topological polar surface area (TPSA) is 20.3 Å². The third-order valence-corrected chi connectivity index (χ3v) is 5.93. The van der Waals surface area contributed by atoms with Gasteiger partial charge >= 0.3 is 0 Å². The molecule has 3 nitrogen and oxygen atoms in total. The maximum atomic E-state index is 12.3. The zero-order chi connectivity index (χ0) is 17.7. The molecule has 0 aliphatic carbocycles. The fraction of sp³-hybridized carbons (Fsp3) is 0.952. The highest BCUT2D eigenvalue weighted by molar-refractivity contribution is 5.76. The van der Waals surface area contributed by atoms with E-state index < -0.39 is 0 Å². The summed E-state index contributed by atoms with van der Waals surface area (Å²) < 4.78 is 1.13. The van der Waals surface area contributed by atoms with Crippen molar-refractivity contribution in [3.63, 3.8) is 0 Å². The van der Waals surface area contributed by atoms with E-state index in [-0.39, 0.29) is 17.0 Å². The SMILES string of the molecule is CCCCCCCCCCCCCC(=O)N1CC[N+](C)(CC)CC1.[Br-]. The number of rotatable bonds is 13. The largest absolute Gasteiger partial charge is 1.00 e. The van der Waals surface area contributed by atoms with E-state index in [1.165, 1.54) is 70.8 Å².